The molecule has 0 aromatic heterocycles. The Bertz CT molecular complexity index is 997. The Morgan fingerprint density at radius 3 is 2.54 bits per heavy atom. The molecule has 1 saturated heterocycles. The predicted octanol–water partition coefficient (Wildman–Crippen LogP) is 4.55. The van der Waals surface area contributed by atoms with Crippen molar-refractivity contribution in [3.63, 3.8) is 0 Å². The smallest absolute Gasteiger partial charge is 0.255 e. The van der Waals surface area contributed by atoms with E-state index in [1.54, 1.807) is 36.4 Å². The Labute approximate surface area is 171 Å². The van der Waals surface area contributed by atoms with Crippen LogP contribution in [-0.2, 0) is 9.59 Å². The van der Waals surface area contributed by atoms with Crippen LogP contribution in [0.25, 0.3) is 0 Å². The molecule has 1 aliphatic heterocycles. The van der Waals surface area contributed by atoms with Gasteiger partial charge in [-0.2, -0.15) is 0 Å². The highest BCUT2D eigenvalue weighted by Crippen LogP contribution is 2.39. The molecule has 1 N–H and O–H groups in total. The van der Waals surface area contributed by atoms with Crippen LogP contribution in [-0.4, -0.2) is 17.7 Å². The van der Waals surface area contributed by atoms with E-state index in [0.29, 0.717) is 29.8 Å². The lowest BCUT2D eigenvalue weighted by molar-refractivity contribution is -0.122. The molecule has 0 bridgehead atoms. The molecule has 0 unspecified atom stereocenters. The van der Waals surface area contributed by atoms with Crippen LogP contribution in [0.3, 0.4) is 0 Å². The minimum Gasteiger partial charge on any atom is -0.322 e. The quantitative estimate of drug-likeness (QED) is 0.564. The van der Waals surface area contributed by atoms with Crippen molar-refractivity contribution in [1.29, 1.82) is 0 Å². The number of nitrogens with zero attached hydrogens (tertiary/aromatic N) is 1. The Hall–Kier alpha value is -2.73. The molecule has 0 radical (unpaired) electrons. The molecule has 2 aliphatic rings. The van der Waals surface area contributed by atoms with Crippen molar-refractivity contribution in [2.45, 2.75) is 19.8 Å². The lowest BCUT2D eigenvalue weighted by Crippen LogP contribution is -2.31. The molecule has 6 heteroatoms. The van der Waals surface area contributed by atoms with Gasteiger partial charge in [0.2, 0.25) is 11.8 Å². The highest BCUT2D eigenvalue weighted by molar-refractivity contribution is 9.10. The zero-order valence-corrected chi connectivity index (χ0v) is 16.9. The molecule has 2 atom stereocenters. The van der Waals surface area contributed by atoms with Crippen LogP contribution in [0.15, 0.2) is 64.7 Å². The second kappa shape index (κ2) is 7.36. The molecule has 4 rings (SSSR count). The Balaban J connectivity index is 1.57. The average Bonchev–Trinajstić information content (AvgIpc) is 2.93. The van der Waals surface area contributed by atoms with Gasteiger partial charge in [-0.25, -0.2) is 0 Å². The Morgan fingerprint density at radius 2 is 1.79 bits per heavy atom. The maximum absolute atomic E-state index is 12.9. The summed E-state index contributed by atoms with van der Waals surface area (Å²) in [4.78, 5) is 39.6. The number of fused-ring (bicyclic) bond motifs is 1. The second-order valence-electron chi connectivity index (χ2n) is 7.23. The molecule has 1 aliphatic carbocycles. The van der Waals surface area contributed by atoms with Crippen molar-refractivity contribution in [3.05, 3.63) is 70.2 Å². The van der Waals surface area contributed by atoms with Crippen molar-refractivity contribution in [1.82, 2.24) is 0 Å². The highest BCUT2D eigenvalue weighted by Gasteiger charge is 2.48. The number of carbonyl (C=O) groups is 3. The van der Waals surface area contributed by atoms with Gasteiger partial charge in [0.05, 0.1) is 17.5 Å². The second-order valence-corrected chi connectivity index (χ2v) is 8.14. The number of nitrogens with one attached hydrogen (secondary N) is 1. The number of amides is 3. The molecule has 0 saturated carbocycles. The van der Waals surface area contributed by atoms with Crippen LogP contribution in [0.2, 0.25) is 0 Å². The number of anilines is 2. The number of imide groups is 1. The van der Waals surface area contributed by atoms with Crippen LogP contribution in [0.4, 0.5) is 11.4 Å². The van der Waals surface area contributed by atoms with E-state index in [1.165, 1.54) is 4.90 Å². The summed E-state index contributed by atoms with van der Waals surface area (Å²) in [6.45, 7) is 1.99. The number of carbonyl (C=O) groups excluding carboxylic acids is 3. The molecular formula is C22H19BrN2O3. The van der Waals surface area contributed by atoms with Gasteiger partial charge in [-0.1, -0.05) is 33.6 Å². The van der Waals surface area contributed by atoms with Crippen molar-refractivity contribution >= 4 is 45.0 Å². The summed E-state index contributed by atoms with van der Waals surface area (Å²) in [7, 11) is 0. The normalized spacial score (nSPS) is 21.4. The zero-order chi connectivity index (χ0) is 19.8. The van der Waals surface area contributed by atoms with Gasteiger partial charge in [-0.15, -0.1) is 0 Å². The largest absolute Gasteiger partial charge is 0.322 e. The molecule has 28 heavy (non-hydrogen) atoms. The third kappa shape index (κ3) is 3.40. The van der Waals surface area contributed by atoms with Gasteiger partial charge in [-0.3, -0.25) is 19.3 Å². The fraction of sp³-hybridized carbons (Fsp3) is 0.227. The van der Waals surface area contributed by atoms with Crippen LogP contribution in [0.5, 0.6) is 0 Å². The number of allylic oxidation sites excluding steroid dienone is 2. The van der Waals surface area contributed by atoms with E-state index in [0.717, 1.165) is 10.0 Å². The lowest BCUT2D eigenvalue weighted by Gasteiger charge is -2.18. The van der Waals surface area contributed by atoms with E-state index in [-0.39, 0.29) is 29.6 Å². The van der Waals surface area contributed by atoms with Crippen molar-refractivity contribution < 1.29 is 14.4 Å². The fourth-order valence-corrected chi connectivity index (χ4v) is 4.08. The first-order chi connectivity index (χ1) is 13.4. The monoisotopic (exact) mass is 438 g/mol. The number of benzene rings is 2. The van der Waals surface area contributed by atoms with Gasteiger partial charge in [0.1, 0.15) is 0 Å². The summed E-state index contributed by atoms with van der Waals surface area (Å²) in [6, 6.07) is 13.9. The summed E-state index contributed by atoms with van der Waals surface area (Å²) < 4.78 is 0.921. The van der Waals surface area contributed by atoms with Crippen molar-refractivity contribution in [2.75, 3.05) is 10.2 Å². The number of rotatable bonds is 3. The molecule has 1 heterocycles. The summed E-state index contributed by atoms with van der Waals surface area (Å²) in [5.74, 6) is -1.23. The van der Waals surface area contributed by atoms with Gasteiger partial charge in [-0.05, 0) is 62.2 Å². The SMILES string of the molecule is CC1=CC[C@@H]2C(=O)N(c3cccc(C(=O)Nc4ccc(Br)cc4)c3)C(=O)[C@H]2C1. The standard InChI is InChI=1S/C22H19BrN2O3/c1-13-5-10-18-19(11-13)22(28)25(21(18)27)17-4-2-3-14(12-17)20(26)24-16-8-6-15(23)7-9-16/h2-9,12,18-19H,10-11H2,1H3,(H,24,26)/t18-,19-/m0/s1. The molecule has 0 spiro atoms. The maximum atomic E-state index is 12.9. The van der Waals surface area contributed by atoms with E-state index < -0.39 is 0 Å². The van der Waals surface area contributed by atoms with Gasteiger partial charge in [0.25, 0.3) is 5.91 Å². The highest BCUT2D eigenvalue weighted by atomic mass is 79.9. The van der Waals surface area contributed by atoms with E-state index >= 15 is 0 Å². The average molecular weight is 439 g/mol. The molecule has 2 aromatic carbocycles. The number of halogens is 1. The summed E-state index contributed by atoms with van der Waals surface area (Å²) in [5.41, 5.74) is 2.65. The van der Waals surface area contributed by atoms with Gasteiger partial charge < -0.3 is 5.32 Å². The van der Waals surface area contributed by atoms with E-state index in [1.807, 2.05) is 25.1 Å². The molecule has 2 aromatic rings. The minimum atomic E-state index is -0.295. The van der Waals surface area contributed by atoms with Crippen molar-refractivity contribution in [3.8, 4) is 0 Å². The molecule has 3 amide bonds. The third-order valence-corrected chi connectivity index (χ3v) is 5.82. The third-order valence-electron chi connectivity index (χ3n) is 5.29. The topological polar surface area (TPSA) is 66.5 Å². The van der Waals surface area contributed by atoms with E-state index in [4.69, 9.17) is 0 Å². The molecule has 142 valence electrons. The molecule has 5 nitrogen and oxygen atoms in total. The van der Waals surface area contributed by atoms with E-state index in [2.05, 4.69) is 21.2 Å². The fourth-order valence-electron chi connectivity index (χ4n) is 3.81. The first-order valence-corrected chi connectivity index (χ1v) is 9.94. The summed E-state index contributed by atoms with van der Waals surface area (Å²) in [5, 5.41) is 2.82. The van der Waals surface area contributed by atoms with Crippen LogP contribution >= 0.6 is 15.9 Å². The number of hydrogen-bond donors (Lipinski definition) is 1. The zero-order valence-electron chi connectivity index (χ0n) is 15.3. The van der Waals surface area contributed by atoms with Crippen LogP contribution in [0.1, 0.15) is 30.1 Å². The first kappa shape index (κ1) is 18.6. The van der Waals surface area contributed by atoms with E-state index in [9.17, 15) is 14.4 Å². The van der Waals surface area contributed by atoms with Gasteiger partial charge in [0.15, 0.2) is 0 Å². The first-order valence-electron chi connectivity index (χ1n) is 9.14. The predicted molar refractivity (Wildman–Crippen MR) is 111 cm³/mol. The molecular weight excluding hydrogens is 420 g/mol. The van der Waals surface area contributed by atoms with Crippen LogP contribution < -0.4 is 10.2 Å². The minimum absolute atomic E-state index is 0.173. The summed E-state index contributed by atoms with van der Waals surface area (Å²) in [6.07, 6.45) is 3.26. The number of hydrogen-bond acceptors (Lipinski definition) is 3. The van der Waals surface area contributed by atoms with Gasteiger partial charge >= 0.3 is 0 Å². The summed E-state index contributed by atoms with van der Waals surface area (Å²) >= 11 is 3.36. The lowest BCUT2D eigenvalue weighted by atomic mass is 9.82. The molecule has 1 fully saturated rings. The Kier molecular flexibility index (Phi) is 4.89. The Morgan fingerprint density at radius 1 is 1.07 bits per heavy atom. The van der Waals surface area contributed by atoms with Gasteiger partial charge in [0, 0.05) is 15.7 Å². The van der Waals surface area contributed by atoms with Crippen molar-refractivity contribution in [2.24, 2.45) is 11.8 Å². The van der Waals surface area contributed by atoms with Crippen LogP contribution in [0, 0.1) is 11.8 Å². The maximum Gasteiger partial charge on any atom is 0.255 e.